The summed E-state index contributed by atoms with van der Waals surface area (Å²) in [6.07, 6.45) is 0. The molecule has 0 amide bonds. The van der Waals surface area contributed by atoms with E-state index in [2.05, 4.69) is 0 Å². The van der Waals surface area contributed by atoms with Crippen LogP contribution >= 0.6 is 37.2 Å². The molecule has 0 aromatic heterocycles. The molecule has 0 aliphatic heterocycles. The van der Waals surface area contributed by atoms with Crippen molar-refractivity contribution in [3.05, 3.63) is 0 Å². The molecule has 64 valence electrons. The summed E-state index contributed by atoms with van der Waals surface area (Å²) >= 11 is 0. The van der Waals surface area contributed by atoms with Gasteiger partial charge in [-0.15, -0.1) is 37.2 Å². The Morgan fingerprint density at radius 1 is 0.889 bits per heavy atom. The Kier molecular flexibility index (Phi) is 42.5. The van der Waals surface area contributed by atoms with Crippen molar-refractivity contribution in [3.63, 3.8) is 0 Å². The fourth-order valence-electron chi connectivity index (χ4n) is 0. The first-order valence-corrected chi connectivity index (χ1v) is 2.10. The Balaban J connectivity index is -0.0000000133. The normalized spacial score (nSPS) is 6.44. The van der Waals surface area contributed by atoms with Crippen LogP contribution in [0.25, 0.3) is 0 Å². The van der Waals surface area contributed by atoms with Crippen molar-refractivity contribution in [3.8, 4) is 0 Å². The predicted octanol–water partition coefficient (Wildman–Crippen LogP) is -0.571. The zero-order valence-electron chi connectivity index (χ0n) is 4.05. The second-order valence-corrected chi connectivity index (χ2v) is 1.34. The average Bonchev–Trinajstić information content (AvgIpc) is 0.722. The van der Waals surface area contributed by atoms with E-state index in [9.17, 15) is 0 Å². The fourth-order valence-corrected chi connectivity index (χ4v) is 0. The van der Waals surface area contributed by atoms with E-state index in [0.29, 0.717) is 0 Å². The van der Waals surface area contributed by atoms with E-state index in [1.165, 1.54) is 0 Å². The third kappa shape index (κ3) is 225. The van der Waals surface area contributed by atoms with Crippen LogP contribution in [0.4, 0.5) is 0 Å². The molecular formula is H8Cl3O4SSb. The zero-order chi connectivity index (χ0) is 4.50. The molecule has 0 aliphatic carbocycles. The summed E-state index contributed by atoms with van der Waals surface area (Å²) in [4.78, 5) is 0. The summed E-state index contributed by atoms with van der Waals surface area (Å²) in [5.41, 5.74) is 0. The van der Waals surface area contributed by atoms with Gasteiger partial charge < -0.3 is 0 Å². The van der Waals surface area contributed by atoms with Crippen LogP contribution in [-0.2, 0) is 10.4 Å². The van der Waals surface area contributed by atoms with Crippen molar-refractivity contribution < 1.29 is 17.5 Å². The molecule has 0 fully saturated rings. The molecule has 0 radical (unpaired) electrons. The van der Waals surface area contributed by atoms with Gasteiger partial charge in [0.2, 0.25) is 0 Å². The number of hydrogen-bond acceptors (Lipinski definition) is 2. The Bertz CT molecular complexity index is 99.0. The molecule has 9 heavy (non-hydrogen) atoms. The topological polar surface area (TPSA) is 74.6 Å². The van der Waals surface area contributed by atoms with E-state index < -0.39 is 10.4 Å². The summed E-state index contributed by atoms with van der Waals surface area (Å²) in [7, 11) is -4.67. The van der Waals surface area contributed by atoms with Gasteiger partial charge in [-0.25, -0.2) is 0 Å². The van der Waals surface area contributed by atoms with Gasteiger partial charge in [-0.1, -0.05) is 0 Å². The first kappa shape index (κ1) is 31.2. The number of hydrogen-bond donors (Lipinski definition) is 2. The first-order valence-electron chi connectivity index (χ1n) is 0.698. The molecule has 0 saturated heterocycles. The van der Waals surface area contributed by atoms with Gasteiger partial charge in [0.1, 0.15) is 0 Å². The van der Waals surface area contributed by atoms with Gasteiger partial charge in [0.15, 0.2) is 0 Å². The van der Waals surface area contributed by atoms with Gasteiger partial charge in [-0.3, -0.25) is 9.11 Å². The van der Waals surface area contributed by atoms with Crippen molar-refractivity contribution >= 4 is 72.0 Å². The van der Waals surface area contributed by atoms with Gasteiger partial charge in [-0.05, 0) is 0 Å². The molecule has 4 nitrogen and oxygen atoms in total. The van der Waals surface area contributed by atoms with E-state index in [-0.39, 0.29) is 61.6 Å². The molecule has 0 bridgehead atoms. The summed E-state index contributed by atoms with van der Waals surface area (Å²) in [6, 6.07) is 0. The van der Waals surface area contributed by atoms with Crippen LogP contribution in [0.3, 0.4) is 0 Å². The third-order valence-corrected chi connectivity index (χ3v) is 0. The first-order chi connectivity index (χ1) is 2.00. The Hall–Kier alpha value is 1.56. The summed E-state index contributed by atoms with van der Waals surface area (Å²) in [6.45, 7) is 0. The second kappa shape index (κ2) is 12.3. The van der Waals surface area contributed by atoms with Crippen LogP contribution in [0.5, 0.6) is 0 Å². The minimum absolute atomic E-state index is 0. The Morgan fingerprint density at radius 2 is 0.889 bits per heavy atom. The molecule has 0 unspecified atom stereocenters. The third-order valence-electron chi connectivity index (χ3n) is 0. The van der Waals surface area contributed by atoms with E-state index in [0.717, 1.165) is 0 Å². The van der Waals surface area contributed by atoms with Gasteiger partial charge >= 0.3 is 34.8 Å². The average molecular weight is 332 g/mol. The van der Waals surface area contributed by atoms with Crippen LogP contribution in [-0.4, -0.2) is 42.0 Å². The van der Waals surface area contributed by atoms with Crippen LogP contribution < -0.4 is 0 Å². The quantitative estimate of drug-likeness (QED) is 0.460. The number of rotatable bonds is 0. The fraction of sp³-hybridized carbons (Fsp3) is 0. The van der Waals surface area contributed by atoms with E-state index in [1.54, 1.807) is 0 Å². The van der Waals surface area contributed by atoms with Crippen LogP contribution in [0.1, 0.15) is 0 Å². The summed E-state index contributed by atoms with van der Waals surface area (Å²) in [5, 5.41) is 0. The molecule has 0 atom stereocenters. The molecule has 0 aromatic carbocycles. The van der Waals surface area contributed by atoms with E-state index >= 15 is 0 Å². The van der Waals surface area contributed by atoms with Crippen molar-refractivity contribution in [2.24, 2.45) is 0 Å². The standard InChI is InChI=1S/3ClH.H2O4S.Sb.3H/c;;;1-5(2,3)4;;;;/h3*1H;(H2,1,2,3,4);;;;. The zero-order valence-corrected chi connectivity index (χ0v) is 11.4. The van der Waals surface area contributed by atoms with Gasteiger partial charge in [0, 0.05) is 0 Å². The SMILES string of the molecule is Cl.Cl.Cl.O=S(=O)(O)O.[SbH3]. The molecule has 0 aliphatic rings. The molecule has 2 N–H and O–H groups in total. The molecule has 0 heterocycles. The number of halogens is 3. The van der Waals surface area contributed by atoms with Crippen LogP contribution in [0.15, 0.2) is 0 Å². The maximum atomic E-state index is 8.74. The molecule has 0 saturated carbocycles. The summed E-state index contributed by atoms with van der Waals surface area (Å²) < 4.78 is 31.6. The van der Waals surface area contributed by atoms with Crippen molar-refractivity contribution in [1.82, 2.24) is 0 Å². The molecule has 9 heteroatoms. The van der Waals surface area contributed by atoms with Crippen LogP contribution in [0, 0.1) is 0 Å². The summed E-state index contributed by atoms with van der Waals surface area (Å²) in [5.74, 6) is 0. The van der Waals surface area contributed by atoms with E-state index in [1.807, 2.05) is 0 Å². The minimum atomic E-state index is -4.67. The van der Waals surface area contributed by atoms with Crippen LogP contribution in [0.2, 0.25) is 0 Å². The van der Waals surface area contributed by atoms with Crippen molar-refractivity contribution in [2.45, 2.75) is 0 Å². The maximum absolute atomic E-state index is 8.74. The molecular weight excluding hydrogens is 324 g/mol. The molecule has 0 aromatic rings. The van der Waals surface area contributed by atoms with Crippen molar-refractivity contribution in [1.29, 1.82) is 0 Å². The predicted molar refractivity (Wildman–Crippen MR) is 45.9 cm³/mol. The second-order valence-electron chi connectivity index (χ2n) is 0.448. The van der Waals surface area contributed by atoms with Gasteiger partial charge in [0.25, 0.3) is 0 Å². The molecule has 0 spiro atoms. The van der Waals surface area contributed by atoms with E-state index in [4.69, 9.17) is 17.5 Å². The van der Waals surface area contributed by atoms with Gasteiger partial charge in [-0.2, -0.15) is 8.42 Å². The molecule has 0 rings (SSSR count). The monoisotopic (exact) mass is 330 g/mol. The Labute approximate surface area is 89.0 Å². The Morgan fingerprint density at radius 3 is 0.889 bits per heavy atom. The van der Waals surface area contributed by atoms with Gasteiger partial charge in [0.05, 0.1) is 0 Å². The van der Waals surface area contributed by atoms with Crippen molar-refractivity contribution in [2.75, 3.05) is 0 Å².